The van der Waals surface area contributed by atoms with Crippen molar-refractivity contribution < 1.29 is 9.53 Å². The van der Waals surface area contributed by atoms with Gasteiger partial charge in [-0.25, -0.2) is 9.97 Å². The molecule has 0 aliphatic carbocycles. The van der Waals surface area contributed by atoms with Crippen LogP contribution in [0.3, 0.4) is 0 Å². The summed E-state index contributed by atoms with van der Waals surface area (Å²) in [4.78, 5) is 23.8. The first-order valence-electron chi connectivity index (χ1n) is 13.0. The lowest BCUT2D eigenvalue weighted by atomic mass is 9.93. The Labute approximate surface area is 228 Å². The Hall–Kier alpha value is -3.61. The van der Waals surface area contributed by atoms with Crippen LogP contribution >= 0.6 is 11.8 Å². The molecule has 2 unspecified atom stereocenters. The maximum Gasteiger partial charge on any atom is 0.223 e. The van der Waals surface area contributed by atoms with Crippen LogP contribution in [0.5, 0.6) is 0 Å². The lowest BCUT2D eigenvalue weighted by molar-refractivity contribution is -0.126. The van der Waals surface area contributed by atoms with Gasteiger partial charge in [-0.2, -0.15) is 5.26 Å². The normalized spacial score (nSPS) is 15.7. The van der Waals surface area contributed by atoms with Crippen LogP contribution in [0.15, 0.2) is 64.5 Å². The average molecular weight is 531 g/mol. The molecule has 1 aliphatic heterocycles. The minimum atomic E-state index is -0.261. The van der Waals surface area contributed by atoms with Crippen molar-refractivity contribution in [2.45, 2.75) is 55.6 Å². The third-order valence-corrected chi connectivity index (χ3v) is 7.13. The fourth-order valence-corrected chi connectivity index (χ4v) is 5.22. The number of rotatable bonds is 11. The summed E-state index contributed by atoms with van der Waals surface area (Å²) >= 11 is 1.50. The number of hydrogen-bond donors (Lipinski definition) is 3. The van der Waals surface area contributed by atoms with E-state index in [1.165, 1.54) is 11.8 Å². The third-order valence-electron chi connectivity index (χ3n) is 6.20. The maximum absolute atomic E-state index is 13.2. The molecule has 2 heterocycles. The predicted molar refractivity (Wildman–Crippen MR) is 150 cm³/mol. The maximum atomic E-state index is 13.2. The Balaban J connectivity index is 1.58. The van der Waals surface area contributed by atoms with Crippen LogP contribution < -0.4 is 16.4 Å². The summed E-state index contributed by atoms with van der Waals surface area (Å²) in [6.45, 7) is 5.52. The number of nitrogens with two attached hydrogens (primary N) is 1. The topological polar surface area (TPSA) is 126 Å². The van der Waals surface area contributed by atoms with Gasteiger partial charge in [0.05, 0.1) is 17.7 Å². The summed E-state index contributed by atoms with van der Waals surface area (Å²) < 4.78 is 5.67. The van der Waals surface area contributed by atoms with Crippen molar-refractivity contribution in [1.29, 1.82) is 5.26 Å². The standard InChI is InChI=1S/C29H34N6O2S/c1-19(2)13-21(29(36)32-18-24-7-4-12-37-24)15-26-34-27(33-23-6-3-5-20(14-23)17-30)16-28(35-26)38-25-10-8-22(31)9-11-25/h3,5-6,8-11,14,16,19,21,24H,4,7,12-13,15,18,31H2,1-2H3,(H,32,36)(H,33,34,35). The Morgan fingerprint density at radius 1 is 1.21 bits per heavy atom. The highest BCUT2D eigenvalue weighted by atomic mass is 32.2. The number of nitriles is 1. The molecule has 0 radical (unpaired) electrons. The third kappa shape index (κ3) is 8.20. The van der Waals surface area contributed by atoms with Gasteiger partial charge < -0.3 is 21.1 Å². The number of anilines is 3. The number of nitrogens with zero attached hydrogens (tertiary/aromatic N) is 3. The monoisotopic (exact) mass is 530 g/mol. The van der Waals surface area contributed by atoms with Crippen molar-refractivity contribution in [3.05, 3.63) is 66.0 Å². The summed E-state index contributed by atoms with van der Waals surface area (Å²) in [5.74, 6) is 1.27. The molecule has 8 nitrogen and oxygen atoms in total. The number of ether oxygens (including phenoxy) is 1. The SMILES string of the molecule is CC(C)CC(Cc1nc(Nc2cccc(C#N)c2)cc(Sc2ccc(N)cc2)n1)C(=O)NCC1CCCO1. The van der Waals surface area contributed by atoms with E-state index in [2.05, 4.69) is 30.6 Å². The highest BCUT2D eigenvalue weighted by Gasteiger charge is 2.24. The van der Waals surface area contributed by atoms with Crippen molar-refractivity contribution in [3.63, 3.8) is 0 Å². The molecule has 0 bridgehead atoms. The van der Waals surface area contributed by atoms with Gasteiger partial charge in [0, 0.05) is 47.8 Å². The minimum Gasteiger partial charge on any atom is -0.399 e. The number of carbonyl (C=O) groups excluding carboxylic acids is 1. The average Bonchev–Trinajstić information content (AvgIpc) is 3.42. The zero-order valence-electron chi connectivity index (χ0n) is 21.8. The van der Waals surface area contributed by atoms with Crippen molar-refractivity contribution in [3.8, 4) is 6.07 Å². The van der Waals surface area contributed by atoms with Crippen molar-refractivity contribution >= 4 is 34.9 Å². The number of amides is 1. The van der Waals surface area contributed by atoms with E-state index < -0.39 is 0 Å². The molecule has 4 rings (SSSR count). The molecule has 9 heteroatoms. The van der Waals surface area contributed by atoms with E-state index in [0.717, 1.165) is 41.5 Å². The first kappa shape index (κ1) is 27.4. The van der Waals surface area contributed by atoms with Gasteiger partial charge in [0.2, 0.25) is 5.91 Å². The molecule has 2 aromatic carbocycles. The molecule has 38 heavy (non-hydrogen) atoms. The van der Waals surface area contributed by atoms with Gasteiger partial charge in [-0.15, -0.1) is 0 Å². The van der Waals surface area contributed by atoms with Gasteiger partial charge in [-0.1, -0.05) is 31.7 Å². The summed E-state index contributed by atoms with van der Waals surface area (Å²) in [6.07, 6.45) is 3.25. The Bertz CT molecular complexity index is 1270. The Kier molecular flexibility index (Phi) is 9.57. The van der Waals surface area contributed by atoms with Crippen molar-refractivity contribution in [2.24, 2.45) is 11.8 Å². The molecule has 1 amide bonds. The number of aromatic nitrogens is 2. The molecule has 1 fully saturated rings. The number of nitrogen functional groups attached to an aromatic ring is 1. The van der Waals surface area contributed by atoms with E-state index in [0.29, 0.717) is 41.8 Å². The smallest absolute Gasteiger partial charge is 0.223 e. The summed E-state index contributed by atoms with van der Waals surface area (Å²) in [5, 5.41) is 16.4. The molecular formula is C29H34N6O2S. The Morgan fingerprint density at radius 2 is 2.03 bits per heavy atom. The minimum absolute atomic E-state index is 0.00520. The molecular weight excluding hydrogens is 496 g/mol. The highest BCUT2D eigenvalue weighted by molar-refractivity contribution is 7.99. The van der Waals surface area contributed by atoms with Crippen molar-refractivity contribution in [2.75, 3.05) is 24.2 Å². The zero-order chi connectivity index (χ0) is 26.9. The summed E-state index contributed by atoms with van der Waals surface area (Å²) in [6, 6.07) is 18.9. The number of hydrogen-bond acceptors (Lipinski definition) is 8. The molecule has 0 saturated carbocycles. The fraction of sp³-hybridized carbons (Fsp3) is 0.379. The van der Waals surface area contributed by atoms with E-state index in [9.17, 15) is 10.1 Å². The lowest BCUT2D eigenvalue weighted by Gasteiger charge is -2.20. The van der Waals surface area contributed by atoms with Gasteiger partial charge >= 0.3 is 0 Å². The van der Waals surface area contributed by atoms with Crippen LogP contribution in [0.2, 0.25) is 0 Å². The number of nitrogens with one attached hydrogen (secondary N) is 2. The molecule has 2 atom stereocenters. The van der Waals surface area contributed by atoms with E-state index in [4.69, 9.17) is 20.4 Å². The van der Waals surface area contributed by atoms with Gasteiger partial charge in [-0.3, -0.25) is 4.79 Å². The molecule has 1 aliphatic rings. The summed E-state index contributed by atoms with van der Waals surface area (Å²) in [7, 11) is 0. The Morgan fingerprint density at radius 3 is 2.74 bits per heavy atom. The van der Waals surface area contributed by atoms with Crippen LogP contribution in [0.25, 0.3) is 0 Å². The first-order valence-corrected chi connectivity index (χ1v) is 13.8. The van der Waals surface area contributed by atoms with Crippen molar-refractivity contribution in [1.82, 2.24) is 15.3 Å². The molecule has 198 valence electrons. The quantitative estimate of drug-likeness (QED) is 0.224. The second kappa shape index (κ2) is 13.3. The van der Waals surface area contributed by atoms with Gasteiger partial charge in [0.1, 0.15) is 16.7 Å². The van der Waals surface area contributed by atoms with E-state index >= 15 is 0 Å². The van der Waals surface area contributed by atoms with Crippen LogP contribution in [0.1, 0.15) is 44.5 Å². The molecule has 1 saturated heterocycles. The summed E-state index contributed by atoms with van der Waals surface area (Å²) in [5.41, 5.74) is 7.86. The van der Waals surface area contributed by atoms with E-state index in [1.807, 2.05) is 42.5 Å². The molecule has 0 spiro atoms. The number of carbonyl (C=O) groups is 1. The molecule has 4 N–H and O–H groups in total. The number of benzene rings is 2. The predicted octanol–water partition coefficient (Wildman–Crippen LogP) is 5.33. The van der Waals surface area contributed by atoms with E-state index in [1.54, 1.807) is 12.1 Å². The highest BCUT2D eigenvalue weighted by Crippen LogP contribution is 2.30. The second-order valence-electron chi connectivity index (χ2n) is 9.91. The van der Waals surface area contributed by atoms with Gasteiger partial charge in [-0.05, 0) is 67.6 Å². The van der Waals surface area contributed by atoms with Crippen LogP contribution in [0, 0.1) is 23.2 Å². The molecule has 3 aromatic rings. The zero-order valence-corrected chi connectivity index (χ0v) is 22.6. The first-order chi connectivity index (χ1) is 18.4. The fourth-order valence-electron chi connectivity index (χ4n) is 4.39. The molecule has 1 aromatic heterocycles. The van der Waals surface area contributed by atoms with Crippen LogP contribution in [-0.4, -0.2) is 35.1 Å². The van der Waals surface area contributed by atoms with Crippen LogP contribution in [-0.2, 0) is 16.0 Å². The second-order valence-corrected chi connectivity index (χ2v) is 11.0. The van der Waals surface area contributed by atoms with Crippen LogP contribution in [0.4, 0.5) is 17.2 Å². The largest absolute Gasteiger partial charge is 0.399 e. The lowest BCUT2D eigenvalue weighted by Crippen LogP contribution is -2.37. The van der Waals surface area contributed by atoms with E-state index in [-0.39, 0.29) is 17.9 Å². The van der Waals surface area contributed by atoms with Gasteiger partial charge in [0.25, 0.3) is 0 Å². The van der Waals surface area contributed by atoms with Gasteiger partial charge in [0.15, 0.2) is 0 Å².